The molecular formula is C25H35N5. The van der Waals surface area contributed by atoms with Crippen molar-refractivity contribution >= 4 is 16.6 Å². The molecule has 30 heavy (non-hydrogen) atoms. The Balaban J connectivity index is 1.81. The highest BCUT2D eigenvalue weighted by atomic mass is 15.2. The Bertz CT molecular complexity index is 973. The summed E-state index contributed by atoms with van der Waals surface area (Å²) in [5.41, 5.74) is 13.0. The molecule has 1 atom stereocenters. The molecule has 5 nitrogen and oxygen atoms in total. The number of rotatable bonds is 7. The maximum absolute atomic E-state index is 6.18. The molecule has 1 aromatic heterocycles. The van der Waals surface area contributed by atoms with Crippen molar-refractivity contribution in [1.82, 2.24) is 20.1 Å². The van der Waals surface area contributed by atoms with Gasteiger partial charge in [-0.1, -0.05) is 31.4 Å². The van der Waals surface area contributed by atoms with E-state index in [2.05, 4.69) is 79.6 Å². The van der Waals surface area contributed by atoms with E-state index in [0.29, 0.717) is 0 Å². The number of hydrogen-bond donors (Lipinski definition) is 2. The zero-order chi connectivity index (χ0) is 21.8. The molecule has 1 aliphatic rings. The van der Waals surface area contributed by atoms with Gasteiger partial charge in [0.05, 0.1) is 28.3 Å². The smallest absolute Gasteiger partial charge is 0.0895 e. The molecule has 0 unspecified atom stereocenters. The van der Waals surface area contributed by atoms with Crippen LogP contribution in [-0.4, -0.2) is 48.0 Å². The maximum atomic E-state index is 6.18. The Labute approximate surface area is 181 Å². The number of aryl methyl sites for hydroxylation is 1. The van der Waals surface area contributed by atoms with Gasteiger partial charge in [-0.25, -0.2) is 4.98 Å². The fourth-order valence-electron chi connectivity index (χ4n) is 4.17. The van der Waals surface area contributed by atoms with Crippen LogP contribution < -0.4 is 11.1 Å². The fraction of sp³-hybridized carbons (Fsp3) is 0.400. The van der Waals surface area contributed by atoms with Crippen LogP contribution in [0.25, 0.3) is 16.6 Å². The average Bonchev–Trinajstić information content (AvgIpc) is 2.67. The molecule has 1 aliphatic heterocycles. The van der Waals surface area contributed by atoms with E-state index in [1.165, 1.54) is 5.56 Å². The van der Waals surface area contributed by atoms with Crippen molar-refractivity contribution in [2.45, 2.75) is 39.3 Å². The number of benzene rings is 1. The molecule has 0 bridgehead atoms. The van der Waals surface area contributed by atoms with Gasteiger partial charge in [-0.3, -0.25) is 0 Å². The first-order chi connectivity index (χ1) is 14.3. The Hall–Kier alpha value is -2.63. The van der Waals surface area contributed by atoms with Crippen LogP contribution in [0.15, 0.2) is 54.9 Å². The quantitative estimate of drug-likeness (QED) is 0.682. The zero-order valence-electron chi connectivity index (χ0n) is 18.8. The molecule has 1 saturated heterocycles. The summed E-state index contributed by atoms with van der Waals surface area (Å²) < 4.78 is 0. The predicted molar refractivity (Wildman–Crippen MR) is 128 cm³/mol. The van der Waals surface area contributed by atoms with Crippen LogP contribution in [0.3, 0.4) is 0 Å². The molecule has 5 heteroatoms. The first-order valence-corrected chi connectivity index (χ1v) is 10.7. The molecule has 0 aliphatic carbocycles. The molecular weight excluding hydrogens is 370 g/mol. The van der Waals surface area contributed by atoms with Crippen molar-refractivity contribution < 1.29 is 0 Å². The van der Waals surface area contributed by atoms with E-state index >= 15 is 0 Å². The summed E-state index contributed by atoms with van der Waals surface area (Å²) in [6, 6.07) is 8.86. The highest BCUT2D eigenvalue weighted by Gasteiger charge is 2.20. The van der Waals surface area contributed by atoms with E-state index < -0.39 is 0 Å². The number of allylic oxidation sites excluding steroid dienone is 1. The van der Waals surface area contributed by atoms with Crippen molar-refractivity contribution in [2.75, 3.05) is 27.2 Å². The van der Waals surface area contributed by atoms with Gasteiger partial charge in [0.15, 0.2) is 0 Å². The summed E-state index contributed by atoms with van der Waals surface area (Å²) in [6.45, 7) is 15.4. The van der Waals surface area contributed by atoms with E-state index in [4.69, 9.17) is 10.7 Å². The van der Waals surface area contributed by atoms with Crippen LogP contribution >= 0.6 is 0 Å². The van der Waals surface area contributed by atoms with Gasteiger partial charge in [0.25, 0.3) is 0 Å². The summed E-state index contributed by atoms with van der Waals surface area (Å²) >= 11 is 0. The average molecular weight is 406 g/mol. The fourth-order valence-corrected chi connectivity index (χ4v) is 4.17. The molecule has 1 aromatic carbocycles. The lowest BCUT2D eigenvalue weighted by Gasteiger charge is -2.35. The van der Waals surface area contributed by atoms with Gasteiger partial charge in [-0.15, -0.1) is 0 Å². The molecule has 1 fully saturated rings. The van der Waals surface area contributed by atoms with Crippen molar-refractivity contribution in [3.63, 3.8) is 0 Å². The molecule has 3 N–H and O–H groups in total. The Morgan fingerprint density at radius 3 is 2.77 bits per heavy atom. The van der Waals surface area contributed by atoms with Crippen LogP contribution in [0, 0.1) is 6.92 Å². The largest absolute Gasteiger partial charge is 0.369 e. The Morgan fingerprint density at radius 1 is 1.33 bits per heavy atom. The van der Waals surface area contributed by atoms with E-state index in [1.807, 2.05) is 6.92 Å². The monoisotopic (exact) mass is 405 g/mol. The number of piperidine rings is 1. The van der Waals surface area contributed by atoms with Gasteiger partial charge in [0.2, 0.25) is 0 Å². The predicted octanol–water partition coefficient (Wildman–Crippen LogP) is 4.01. The number of fused-ring (bicyclic) bond motifs is 1. The SMILES string of the molecule is C=C(NC(=C)c1nc2cc(CN(C)C)ccc2cc1C)/C(=C\C)N1CCC[C@H](N)C1. The number of pyridine rings is 1. The molecule has 2 aromatic rings. The van der Waals surface area contributed by atoms with Crippen LogP contribution in [-0.2, 0) is 6.54 Å². The van der Waals surface area contributed by atoms with Gasteiger partial charge >= 0.3 is 0 Å². The number of nitrogens with one attached hydrogen (secondary N) is 1. The Morgan fingerprint density at radius 2 is 2.10 bits per heavy atom. The lowest BCUT2D eigenvalue weighted by Crippen LogP contribution is -2.43. The summed E-state index contributed by atoms with van der Waals surface area (Å²) in [4.78, 5) is 9.40. The second-order valence-corrected chi connectivity index (χ2v) is 8.52. The van der Waals surface area contributed by atoms with Gasteiger partial charge in [-0.2, -0.15) is 0 Å². The van der Waals surface area contributed by atoms with Crippen LogP contribution in [0.5, 0.6) is 0 Å². The molecule has 0 radical (unpaired) electrons. The van der Waals surface area contributed by atoms with E-state index in [0.717, 1.165) is 71.7 Å². The third-order valence-corrected chi connectivity index (χ3v) is 5.54. The first-order valence-electron chi connectivity index (χ1n) is 10.7. The number of hydrogen-bond acceptors (Lipinski definition) is 5. The number of aromatic nitrogens is 1. The van der Waals surface area contributed by atoms with E-state index in [9.17, 15) is 0 Å². The van der Waals surface area contributed by atoms with Crippen LogP contribution in [0.1, 0.15) is 36.6 Å². The van der Waals surface area contributed by atoms with Crippen molar-refractivity contribution in [3.8, 4) is 0 Å². The van der Waals surface area contributed by atoms with Gasteiger partial charge in [0, 0.05) is 31.1 Å². The third kappa shape index (κ3) is 5.10. The number of nitrogens with two attached hydrogens (primary N) is 1. The first kappa shape index (κ1) is 22.1. The highest BCUT2D eigenvalue weighted by Crippen LogP contribution is 2.24. The summed E-state index contributed by atoms with van der Waals surface area (Å²) in [7, 11) is 4.15. The molecule has 2 heterocycles. The Kier molecular flexibility index (Phi) is 6.95. The second kappa shape index (κ2) is 9.45. The van der Waals surface area contributed by atoms with Crippen molar-refractivity contribution in [3.05, 3.63) is 71.7 Å². The summed E-state index contributed by atoms with van der Waals surface area (Å²) in [6.07, 6.45) is 4.28. The highest BCUT2D eigenvalue weighted by molar-refractivity contribution is 5.83. The topological polar surface area (TPSA) is 57.4 Å². The standard InChI is InChI=1S/C25H35N5/c1-7-24(30-12-8-9-22(26)16-30)18(3)27-19(4)25-17(2)13-21-11-10-20(15-29(5)6)14-23(21)28-25/h7,10-11,13-14,22,27H,3-4,8-9,12,15-16,26H2,1-2,5-6H3/b24-7+/t22-/m0/s1. The lowest BCUT2D eigenvalue weighted by atomic mass is 10.0. The minimum atomic E-state index is 0.213. The van der Waals surface area contributed by atoms with Gasteiger partial charge in [0.1, 0.15) is 0 Å². The number of likely N-dealkylation sites (tertiary alicyclic amines) is 1. The van der Waals surface area contributed by atoms with E-state index in [-0.39, 0.29) is 6.04 Å². The maximum Gasteiger partial charge on any atom is 0.0895 e. The normalized spacial score (nSPS) is 17.5. The van der Waals surface area contributed by atoms with Crippen molar-refractivity contribution in [2.24, 2.45) is 5.73 Å². The molecule has 0 spiro atoms. The lowest BCUT2D eigenvalue weighted by molar-refractivity contribution is 0.262. The van der Waals surface area contributed by atoms with Crippen LogP contribution in [0.4, 0.5) is 0 Å². The molecule has 0 saturated carbocycles. The molecule has 0 amide bonds. The minimum absolute atomic E-state index is 0.213. The second-order valence-electron chi connectivity index (χ2n) is 8.52. The molecule has 3 rings (SSSR count). The van der Waals surface area contributed by atoms with Gasteiger partial charge < -0.3 is 20.9 Å². The van der Waals surface area contributed by atoms with Crippen molar-refractivity contribution in [1.29, 1.82) is 0 Å². The summed E-state index contributed by atoms with van der Waals surface area (Å²) in [5.74, 6) is 0. The van der Waals surface area contributed by atoms with Gasteiger partial charge in [-0.05, 0) is 64.0 Å². The molecule has 160 valence electrons. The third-order valence-electron chi connectivity index (χ3n) is 5.54. The summed E-state index contributed by atoms with van der Waals surface area (Å²) in [5, 5.41) is 4.54. The zero-order valence-corrected chi connectivity index (χ0v) is 18.8. The van der Waals surface area contributed by atoms with Crippen LogP contribution in [0.2, 0.25) is 0 Å². The number of nitrogens with zero attached hydrogens (tertiary/aromatic N) is 3. The minimum Gasteiger partial charge on any atom is -0.369 e. The van der Waals surface area contributed by atoms with E-state index in [1.54, 1.807) is 0 Å².